The van der Waals surface area contributed by atoms with Crippen molar-refractivity contribution in [2.75, 3.05) is 38.1 Å². The van der Waals surface area contributed by atoms with Gasteiger partial charge < -0.3 is 14.2 Å². The van der Waals surface area contributed by atoms with E-state index in [1.165, 1.54) is 12.1 Å². The van der Waals surface area contributed by atoms with Gasteiger partial charge in [0.15, 0.2) is 0 Å². The van der Waals surface area contributed by atoms with Crippen LogP contribution in [0.4, 0.5) is 10.3 Å². The monoisotopic (exact) mass is 300 g/mol. The summed E-state index contributed by atoms with van der Waals surface area (Å²) in [6, 6.07) is 8.11. The highest BCUT2D eigenvalue weighted by Gasteiger charge is 2.22. The van der Waals surface area contributed by atoms with Gasteiger partial charge in [-0.2, -0.15) is 10.2 Å². The van der Waals surface area contributed by atoms with E-state index in [0.717, 1.165) is 32.6 Å². The molecular formula is C16H17FN4O. The first-order valence-electron chi connectivity index (χ1n) is 7.28. The molecule has 2 heterocycles. The zero-order valence-corrected chi connectivity index (χ0v) is 12.4. The van der Waals surface area contributed by atoms with Gasteiger partial charge in [-0.25, -0.2) is 4.39 Å². The van der Waals surface area contributed by atoms with Gasteiger partial charge in [0, 0.05) is 25.2 Å². The third kappa shape index (κ3) is 2.95. The van der Waals surface area contributed by atoms with Crippen LogP contribution in [0.5, 0.6) is 0 Å². The molecule has 2 aromatic rings. The number of oxazole rings is 1. The lowest BCUT2D eigenvalue weighted by atomic mass is 10.2. The van der Waals surface area contributed by atoms with E-state index >= 15 is 0 Å². The van der Waals surface area contributed by atoms with Crippen LogP contribution in [0.15, 0.2) is 28.7 Å². The minimum atomic E-state index is -0.354. The molecule has 6 heteroatoms. The Morgan fingerprint density at radius 1 is 1.27 bits per heavy atom. The molecule has 22 heavy (non-hydrogen) atoms. The normalized spacial score (nSPS) is 16.3. The summed E-state index contributed by atoms with van der Waals surface area (Å²) in [4.78, 5) is 8.50. The number of nitrogens with zero attached hydrogens (tertiary/aromatic N) is 4. The van der Waals surface area contributed by atoms with Crippen LogP contribution in [0.25, 0.3) is 11.5 Å². The fraction of sp³-hybridized carbons (Fsp3) is 0.375. The van der Waals surface area contributed by atoms with Crippen LogP contribution in [-0.4, -0.2) is 43.1 Å². The van der Waals surface area contributed by atoms with E-state index in [2.05, 4.69) is 23.0 Å². The summed E-state index contributed by atoms with van der Waals surface area (Å²) in [5.74, 6) is 0.410. The van der Waals surface area contributed by atoms with Gasteiger partial charge in [-0.15, -0.1) is 0 Å². The van der Waals surface area contributed by atoms with Gasteiger partial charge >= 0.3 is 0 Å². The maximum absolute atomic E-state index is 13.3. The highest BCUT2D eigenvalue weighted by Crippen LogP contribution is 2.29. The Morgan fingerprint density at radius 3 is 2.91 bits per heavy atom. The van der Waals surface area contributed by atoms with Crippen LogP contribution in [0, 0.1) is 17.1 Å². The summed E-state index contributed by atoms with van der Waals surface area (Å²) in [5, 5.41) is 9.30. The van der Waals surface area contributed by atoms with E-state index in [1.807, 2.05) is 4.90 Å². The van der Waals surface area contributed by atoms with E-state index in [1.54, 1.807) is 12.1 Å². The zero-order valence-electron chi connectivity index (χ0n) is 12.4. The van der Waals surface area contributed by atoms with E-state index in [0.29, 0.717) is 11.4 Å². The predicted octanol–water partition coefficient (Wildman–Crippen LogP) is 2.49. The molecule has 5 nitrogen and oxygen atoms in total. The minimum absolute atomic E-state index is 0.254. The van der Waals surface area contributed by atoms with Crippen molar-refractivity contribution in [1.29, 1.82) is 5.26 Å². The van der Waals surface area contributed by atoms with Crippen molar-refractivity contribution in [1.82, 2.24) is 9.88 Å². The Morgan fingerprint density at radius 2 is 2.14 bits per heavy atom. The van der Waals surface area contributed by atoms with Crippen molar-refractivity contribution in [2.45, 2.75) is 6.42 Å². The number of rotatable bonds is 2. The quantitative estimate of drug-likeness (QED) is 0.853. The number of hydrogen-bond acceptors (Lipinski definition) is 5. The molecule has 1 aliphatic rings. The molecule has 0 aliphatic carbocycles. The van der Waals surface area contributed by atoms with Crippen molar-refractivity contribution in [3.63, 3.8) is 0 Å². The van der Waals surface area contributed by atoms with Gasteiger partial charge in [0.25, 0.3) is 0 Å². The number of likely N-dealkylation sites (N-methyl/N-ethyl adjacent to an activating group) is 1. The second-order valence-electron chi connectivity index (χ2n) is 5.44. The lowest BCUT2D eigenvalue weighted by molar-refractivity contribution is 0.359. The molecule has 1 saturated heterocycles. The predicted molar refractivity (Wildman–Crippen MR) is 80.9 cm³/mol. The first kappa shape index (κ1) is 14.5. The Kier molecular flexibility index (Phi) is 4.07. The van der Waals surface area contributed by atoms with Crippen LogP contribution < -0.4 is 4.90 Å². The SMILES string of the molecule is CN1CCCN(c2oc(-c3cccc(F)c3)nc2C#N)CC1. The average Bonchev–Trinajstić information content (AvgIpc) is 2.83. The third-order valence-corrected chi connectivity index (χ3v) is 3.79. The van der Waals surface area contributed by atoms with Gasteiger partial charge in [0.1, 0.15) is 11.9 Å². The van der Waals surface area contributed by atoms with Gasteiger partial charge in [-0.3, -0.25) is 0 Å². The highest BCUT2D eigenvalue weighted by atomic mass is 19.1. The number of nitriles is 1. The molecular weight excluding hydrogens is 283 g/mol. The minimum Gasteiger partial charge on any atom is -0.419 e. The number of halogens is 1. The molecule has 1 fully saturated rings. The van der Waals surface area contributed by atoms with Gasteiger partial charge in [-0.05, 0) is 38.2 Å². The van der Waals surface area contributed by atoms with Crippen molar-refractivity contribution in [3.8, 4) is 17.5 Å². The molecule has 0 unspecified atom stereocenters. The smallest absolute Gasteiger partial charge is 0.235 e. The van der Waals surface area contributed by atoms with Crippen molar-refractivity contribution < 1.29 is 8.81 Å². The summed E-state index contributed by atoms with van der Waals surface area (Å²) >= 11 is 0. The maximum atomic E-state index is 13.3. The molecule has 0 spiro atoms. The summed E-state index contributed by atoms with van der Waals surface area (Å²) in [6.07, 6.45) is 0.997. The average molecular weight is 300 g/mol. The van der Waals surface area contributed by atoms with Crippen molar-refractivity contribution >= 4 is 5.88 Å². The molecule has 114 valence electrons. The van der Waals surface area contributed by atoms with Gasteiger partial charge in [0.05, 0.1) is 0 Å². The first-order valence-corrected chi connectivity index (χ1v) is 7.28. The van der Waals surface area contributed by atoms with Gasteiger partial charge in [0.2, 0.25) is 17.5 Å². The lowest BCUT2D eigenvalue weighted by Gasteiger charge is -2.19. The zero-order chi connectivity index (χ0) is 15.5. The van der Waals surface area contributed by atoms with E-state index in [9.17, 15) is 9.65 Å². The highest BCUT2D eigenvalue weighted by molar-refractivity contribution is 5.59. The van der Waals surface area contributed by atoms with Crippen LogP contribution in [-0.2, 0) is 0 Å². The number of benzene rings is 1. The number of anilines is 1. The molecule has 1 aromatic carbocycles. The first-order chi connectivity index (χ1) is 10.7. The second kappa shape index (κ2) is 6.16. The molecule has 3 rings (SSSR count). The number of hydrogen-bond donors (Lipinski definition) is 0. The van der Waals surface area contributed by atoms with Crippen LogP contribution in [0.2, 0.25) is 0 Å². The summed E-state index contributed by atoms with van der Waals surface area (Å²) in [7, 11) is 2.08. The van der Waals surface area contributed by atoms with E-state index < -0.39 is 0 Å². The van der Waals surface area contributed by atoms with Gasteiger partial charge in [-0.1, -0.05) is 6.07 Å². The molecule has 0 saturated carbocycles. The van der Waals surface area contributed by atoms with Crippen LogP contribution in [0.1, 0.15) is 12.1 Å². The summed E-state index contributed by atoms with van der Waals surface area (Å²) < 4.78 is 19.1. The molecule has 0 radical (unpaired) electrons. The molecule has 0 bridgehead atoms. The standard InChI is InChI=1S/C16H17FN4O/c1-20-6-3-7-21(9-8-20)16-14(11-18)19-15(22-16)12-4-2-5-13(17)10-12/h2,4-5,10H,3,6-9H2,1H3. The molecule has 1 aliphatic heterocycles. The van der Waals surface area contributed by atoms with Crippen LogP contribution in [0.3, 0.4) is 0 Å². The summed E-state index contributed by atoms with van der Waals surface area (Å²) in [5.41, 5.74) is 0.790. The molecule has 0 amide bonds. The maximum Gasteiger partial charge on any atom is 0.235 e. The van der Waals surface area contributed by atoms with E-state index in [-0.39, 0.29) is 17.4 Å². The Labute approximate surface area is 128 Å². The fourth-order valence-corrected chi connectivity index (χ4v) is 2.59. The molecule has 1 aromatic heterocycles. The fourth-order valence-electron chi connectivity index (χ4n) is 2.59. The van der Waals surface area contributed by atoms with Crippen LogP contribution >= 0.6 is 0 Å². The number of aromatic nitrogens is 1. The second-order valence-corrected chi connectivity index (χ2v) is 5.44. The lowest BCUT2D eigenvalue weighted by Crippen LogP contribution is -2.28. The van der Waals surface area contributed by atoms with E-state index in [4.69, 9.17) is 4.42 Å². The molecule has 0 N–H and O–H groups in total. The Bertz CT molecular complexity index is 706. The molecule has 0 atom stereocenters. The third-order valence-electron chi connectivity index (χ3n) is 3.79. The van der Waals surface area contributed by atoms with Crippen molar-refractivity contribution in [3.05, 3.63) is 35.8 Å². The Hall–Kier alpha value is -2.39. The largest absolute Gasteiger partial charge is 0.419 e. The van der Waals surface area contributed by atoms with Crippen molar-refractivity contribution in [2.24, 2.45) is 0 Å². The topological polar surface area (TPSA) is 56.3 Å². The summed E-state index contributed by atoms with van der Waals surface area (Å²) in [6.45, 7) is 3.52. The Balaban J connectivity index is 1.93.